The molecule has 0 aliphatic heterocycles. The van der Waals surface area contributed by atoms with Crippen molar-refractivity contribution in [2.75, 3.05) is 4.90 Å². The van der Waals surface area contributed by atoms with Gasteiger partial charge >= 0.3 is 0 Å². The van der Waals surface area contributed by atoms with Gasteiger partial charge in [0.15, 0.2) is 0 Å². The lowest BCUT2D eigenvalue weighted by Crippen LogP contribution is -2.10. The lowest BCUT2D eigenvalue weighted by atomic mass is 9.99. The zero-order chi connectivity index (χ0) is 47.1. The minimum Gasteiger partial charge on any atom is -0.455 e. The fraction of sp³-hybridized carbons (Fsp3) is 0. The van der Waals surface area contributed by atoms with Gasteiger partial charge in [0.25, 0.3) is 0 Å². The molecule has 230 valence electrons. The third kappa shape index (κ3) is 4.55. The minimum absolute atomic E-state index is 0.109. The van der Waals surface area contributed by atoms with E-state index in [0.717, 1.165) is 19.7 Å². The van der Waals surface area contributed by atoms with Gasteiger partial charge in [-0.3, -0.25) is 0 Å². The Balaban J connectivity index is 1.40. The van der Waals surface area contributed by atoms with Crippen LogP contribution >= 0.6 is 11.3 Å². The zero-order valence-corrected chi connectivity index (χ0v) is 26.0. The number of hydrogen-bond donors (Lipinski definition) is 0. The summed E-state index contributed by atoms with van der Waals surface area (Å²) in [5, 5.41) is -0.0925. The van der Waals surface area contributed by atoms with Gasteiger partial charge in [0.1, 0.15) is 11.2 Å². The van der Waals surface area contributed by atoms with Crippen LogP contribution in [0.5, 0.6) is 0 Å². The van der Waals surface area contributed by atoms with Gasteiger partial charge in [-0.25, -0.2) is 0 Å². The second kappa shape index (κ2) is 11.2. The average Bonchev–Trinajstić information content (AvgIpc) is 3.90. The van der Waals surface area contributed by atoms with E-state index in [1.165, 1.54) is 11.3 Å². The molecule has 0 fully saturated rings. The van der Waals surface area contributed by atoms with Crippen LogP contribution in [0.4, 0.5) is 17.1 Å². The van der Waals surface area contributed by atoms with E-state index in [1.54, 1.807) is 42.5 Å². The Morgan fingerprint density at radius 3 is 2.06 bits per heavy atom. The van der Waals surface area contributed by atoms with E-state index in [-0.39, 0.29) is 21.9 Å². The summed E-state index contributed by atoms with van der Waals surface area (Å²) in [7, 11) is 0. The first-order chi connectivity index (χ1) is 31.4. The fourth-order valence-corrected chi connectivity index (χ4v) is 7.29. The molecule has 49 heavy (non-hydrogen) atoms. The molecule has 0 aliphatic rings. The van der Waals surface area contributed by atoms with Gasteiger partial charge in [0.2, 0.25) is 0 Å². The highest BCUT2D eigenvalue weighted by Crippen LogP contribution is 2.45. The summed E-state index contributed by atoms with van der Waals surface area (Å²) >= 11 is 1.48. The number of fused-ring (bicyclic) bond motifs is 8. The smallest absolute Gasteiger partial charge is 0.143 e. The van der Waals surface area contributed by atoms with Crippen LogP contribution in [0.15, 0.2) is 180 Å². The molecule has 0 saturated heterocycles. The number of anilines is 3. The second-order valence-electron chi connectivity index (χ2n) is 11.2. The van der Waals surface area contributed by atoms with E-state index in [1.807, 2.05) is 30.3 Å². The van der Waals surface area contributed by atoms with Gasteiger partial charge in [-0.05, 0) is 82.1 Å². The quantitative estimate of drug-likeness (QED) is 0.183. The van der Waals surface area contributed by atoms with Crippen molar-refractivity contribution in [2.24, 2.45) is 0 Å². The Bertz CT molecular complexity index is 3750. The number of rotatable bonds is 5. The first-order valence-corrected chi connectivity index (χ1v) is 16.0. The van der Waals surface area contributed by atoms with Crippen LogP contribution < -0.4 is 4.90 Å². The van der Waals surface area contributed by atoms with Gasteiger partial charge in [0.05, 0.1) is 34.4 Å². The Hall–Kier alpha value is -6.16. The van der Waals surface area contributed by atoms with Crippen molar-refractivity contribution in [3.63, 3.8) is 0 Å². The molecule has 10 aromatic rings. The molecule has 0 radical (unpaired) electrons. The summed E-state index contributed by atoms with van der Waals surface area (Å²) in [5.74, 6) is 0. The molecule has 0 atom stereocenters. The van der Waals surface area contributed by atoms with Crippen LogP contribution in [0.1, 0.15) is 23.3 Å². The highest BCUT2D eigenvalue weighted by Gasteiger charge is 2.21. The van der Waals surface area contributed by atoms with Gasteiger partial charge in [-0.2, -0.15) is 0 Å². The van der Waals surface area contributed by atoms with Gasteiger partial charge in [0, 0.05) is 42.3 Å². The molecule has 8 aromatic carbocycles. The molecule has 0 spiro atoms. The lowest BCUT2D eigenvalue weighted by molar-refractivity contribution is 0.672. The first kappa shape index (κ1) is 15.8. The molecule has 0 saturated carbocycles. The van der Waals surface area contributed by atoms with Gasteiger partial charge < -0.3 is 9.32 Å². The van der Waals surface area contributed by atoms with Crippen LogP contribution in [0.25, 0.3) is 75.1 Å². The maximum Gasteiger partial charge on any atom is 0.143 e. The predicted octanol–water partition coefficient (Wildman–Crippen LogP) is 13.9. The summed E-state index contributed by atoms with van der Waals surface area (Å²) in [6.45, 7) is 0. The van der Waals surface area contributed by atoms with Crippen LogP contribution in [0, 0.1) is 0 Å². The van der Waals surface area contributed by atoms with Crippen molar-refractivity contribution in [3.05, 3.63) is 176 Å². The van der Waals surface area contributed by atoms with E-state index in [4.69, 9.17) is 14.0 Å². The summed E-state index contributed by atoms with van der Waals surface area (Å²) in [6, 6.07) is 8.95. The Morgan fingerprint density at radius 2 is 1.22 bits per heavy atom. The lowest BCUT2D eigenvalue weighted by Gasteiger charge is -2.26. The molecule has 2 nitrogen and oxygen atoms in total. The number of benzene rings is 8. The molecule has 2 heterocycles. The van der Waals surface area contributed by atoms with Crippen LogP contribution in [0.2, 0.25) is 0 Å². The second-order valence-corrected chi connectivity index (χ2v) is 12.2. The summed E-state index contributed by atoms with van der Waals surface area (Å²) in [6.07, 6.45) is 0. The molecule has 10 rings (SSSR count). The van der Waals surface area contributed by atoms with Crippen molar-refractivity contribution in [1.29, 1.82) is 0 Å². The minimum atomic E-state index is -0.865. The van der Waals surface area contributed by atoms with Crippen molar-refractivity contribution in [3.8, 4) is 22.3 Å². The van der Waals surface area contributed by atoms with E-state index >= 15 is 0 Å². The fourth-order valence-electron chi connectivity index (χ4n) is 6.16. The standard InChI is InChI=1S/C46H29NOS/c1-2-10-30(11-3-1)31-20-25-34(26-21-31)47(40-16-9-17-41-45(40)39-29-24-32-12-4-5-13-37(32)46(39)48-41)35-27-22-33(23-28-35)36-15-8-19-43-44(36)38-14-6-7-18-42(38)49-43/h1-29H/i4D,5D,9D,12D,13D,16D,17D,20D,21D,22D,23D,24D,25D,26D,27D,28D,29D. The Labute approximate surface area is 311 Å². The van der Waals surface area contributed by atoms with Gasteiger partial charge in [-0.1, -0.05) is 121 Å². The molecule has 3 heteroatoms. The molecule has 0 aliphatic carbocycles. The normalized spacial score (nSPS) is 16.5. The average molecular weight is 661 g/mol. The number of thiophene rings is 1. The molecular weight excluding hydrogens is 615 g/mol. The van der Waals surface area contributed by atoms with Crippen molar-refractivity contribution in [1.82, 2.24) is 0 Å². The number of hydrogen-bond acceptors (Lipinski definition) is 3. The maximum atomic E-state index is 9.73. The van der Waals surface area contributed by atoms with Crippen LogP contribution in [0.3, 0.4) is 0 Å². The monoisotopic (exact) mass is 660 g/mol. The zero-order valence-electron chi connectivity index (χ0n) is 42.2. The number of nitrogens with zero attached hydrogens (tertiary/aromatic N) is 1. The maximum absolute atomic E-state index is 9.73. The van der Waals surface area contributed by atoms with E-state index in [2.05, 4.69) is 0 Å². The molecule has 0 N–H and O–H groups in total. The molecule has 0 bridgehead atoms. The highest BCUT2D eigenvalue weighted by molar-refractivity contribution is 7.25. The SMILES string of the molecule is [2H]c1c([2H])c(N(c2c([2H])c([2H])c(-c3cccc4sc5ccccc5c34)c([2H])c2[2H])c2c([2H])c([2H])c([2H])c3oc4c5c([2H])c([2H])c([2H])c([2H])c5c([2H])c([2H])c4c23)c([2H])c([2H])c1-c1ccccc1. The topological polar surface area (TPSA) is 16.4 Å². The third-order valence-electron chi connectivity index (χ3n) is 8.36. The summed E-state index contributed by atoms with van der Waals surface area (Å²) in [5.41, 5.74) is -2.54. The van der Waals surface area contributed by atoms with Crippen molar-refractivity contribution >= 4 is 81.3 Å². The van der Waals surface area contributed by atoms with E-state index < -0.39 is 142 Å². The summed E-state index contributed by atoms with van der Waals surface area (Å²) in [4.78, 5) is 0.797. The highest BCUT2D eigenvalue weighted by atomic mass is 32.1. The van der Waals surface area contributed by atoms with Crippen LogP contribution in [-0.2, 0) is 0 Å². The Morgan fingerprint density at radius 1 is 0.490 bits per heavy atom. The predicted molar refractivity (Wildman–Crippen MR) is 210 cm³/mol. The molecule has 0 unspecified atom stereocenters. The molecule has 2 aromatic heterocycles. The van der Waals surface area contributed by atoms with Crippen molar-refractivity contribution in [2.45, 2.75) is 0 Å². The number of furan rings is 1. The van der Waals surface area contributed by atoms with Gasteiger partial charge in [-0.15, -0.1) is 11.3 Å². The first-order valence-electron chi connectivity index (χ1n) is 23.7. The third-order valence-corrected chi connectivity index (χ3v) is 9.49. The molecule has 0 amide bonds. The molecular formula is C46H29NOS. The Kier molecular flexibility index (Phi) is 3.63. The largest absolute Gasteiger partial charge is 0.455 e. The summed E-state index contributed by atoms with van der Waals surface area (Å²) < 4.78 is 164. The van der Waals surface area contributed by atoms with E-state index in [0.29, 0.717) is 16.5 Å². The van der Waals surface area contributed by atoms with E-state index in [9.17, 15) is 13.7 Å². The van der Waals surface area contributed by atoms with Crippen molar-refractivity contribution < 1.29 is 27.7 Å². The van der Waals surface area contributed by atoms with Crippen LogP contribution in [-0.4, -0.2) is 0 Å².